The minimum absolute atomic E-state index is 0.620. The smallest absolute Gasteiger partial charge is 0.00505 e. The van der Waals surface area contributed by atoms with E-state index in [1.54, 1.807) is 0 Å². The molecule has 0 bridgehead atoms. The van der Waals surface area contributed by atoms with Crippen molar-refractivity contribution in [2.24, 2.45) is 11.3 Å². The van der Waals surface area contributed by atoms with Gasteiger partial charge in [0.05, 0.1) is 0 Å². The molecule has 1 heterocycles. The Labute approximate surface area is 56.1 Å². The Kier molecular flexibility index (Phi) is 0.974. The molecule has 0 amide bonds. The summed E-state index contributed by atoms with van der Waals surface area (Å²) in [4.78, 5) is 0. The zero-order valence-corrected chi connectivity index (χ0v) is 5.85. The molecule has 0 aromatic heterocycles. The van der Waals surface area contributed by atoms with E-state index in [0.717, 1.165) is 5.92 Å². The van der Waals surface area contributed by atoms with Gasteiger partial charge in [0.25, 0.3) is 0 Å². The van der Waals surface area contributed by atoms with E-state index in [-0.39, 0.29) is 0 Å². The van der Waals surface area contributed by atoms with Gasteiger partial charge in [0.15, 0.2) is 0 Å². The van der Waals surface area contributed by atoms with Gasteiger partial charge in [0.1, 0.15) is 0 Å². The maximum Gasteiger partial charge on any atom is 0.00505 e. The third kappa shape index (κ3) is 0.645. The topological polar surface area (TPSA) is 12.0 Å². The van der Waals surface area contributed by atoms with Crippen LogP contribution in [0.4, 0.5) is 0 Å². The second-order valence-corrected chi connectivity index (χ2v) is 3.27. The summed E-state index contributed by atoms with van der Waals surface area (Å²) in [6.07, 6.45) is 6.00. The fourth-order valence-corrected chi connectivity index (χ4v) is 1.97. The summed E-state index contributed by atoms with van der Waals surface area (Å²) in [5, 5.41) is 3.40. The predicted molar refractivity (Wildman–Crippen MR) is 38.2 cm³/mol. The molecule has 1 nitrogen and oxygen atoms in total. The monoisotopic (exact) mass is 123 g/mol. The first-order chi connectivity index (χ1) is 4.37. The van der Waals surface area contributed by atoms with Crippen LogP contribution in [0.25, 0.3) is 0 Å². The molecule has 0 aromatic carbocycles. The van der Waals surface area contributed by atoms with Crippen LogP contribution in [0.5, 0.6) is 0 Å². The number of hydrogen-bond donors (Lipinski definition) is 1. The van der Waals surface area contributed by atoms with E-state index in [1.165, 1.54) is 19.5 Å². The third-order valence-electron chi connectivity index (χ3n) is 2.62. The Balaban J connectivity index is 2.10. The van der Waals surface area contributed by atoms with Crippen molar-refractivity contribution >= 4 is 0 Å². The number of piperidine rings is 1. The van der Waals surface area contributed by atoms with Crippen LogP contribution in [-0.4, -0.2) is 13.1 Å². The summed E-state index contributed by atoms with van der Waals surface area (Å²) in [5.41, 5.74) is 0.620. The lowest BCUT2D eigenvalue weighted by Gasteiger charge is -2.01. The highest BCUT2D eigenvalue weighted by Crippen LogP contribution is 2.55. The van der Waals surface area contributed by atoms with E-state index in [9.17, 15) is 0 Å². The van der Waals surface area contributed by atoms with Gasteiger partial charge in [-0.2, -0.15) is 0 Å². The second-order valence-electron chi connectivity index (χ2n) is 3.27. The van der Waals surface area contributed by atoms with Crippen molar-refractivity contribution in [3.63, 3.8) is 0 Å². The molecular formula is C8H13N. The summed E-state index contributed by atoms with van der Waals surface area (Å²) in [5.74, 6) is 0.980. The predicted octanol–water partition coefficient (Wildman–Crippen LogP) is 1.17. The standard InChI is InChI=1S/C8H13N/c1-2-3-8-4-7(8)5-9-6-8/h2-3,7,9H,4-6H2,1H3/b3-2+. The molecule has 2 fully saturated rings. The van der Waals surface area contributed by atoms with Crippen LogP contribution in [0, 0.1) is 11.3 Å². The normalized spacial score (nSPS) is 47.9. The molecule has 0 aromatic rings. The quantitative estimate of drug-likeness (QED) is 0.516. The molecule has 1 N–H and O–H groups in total. The van der Waals surface area contributed by atoms with Gasteiger partial charge in [0.2, 0.25) is 0 Å². The maximum absolute atomic E-state index is 3.40. The van der Waals surface area contributed by atoms with E-state index in [4.69, 9.17) is 0 Å². The molecule has 9 heavy (non-hydrogen) atoms. The molecule has 2 aliphatic rings. The largest absolute Gasteiger partial charge is 0.316 e. The lowest BCUT2D eigenvalue weighted by Crippen LogP contribution is -2.14. The van der Waals surface area contributed by atoms with Gasteiger partial charge in [0, 0.05) is 12.0 Å². The molecule has 0 radical (unpaired) electrons. The van der Waals surface area contributed by atoms with Crippen LogP contribution < -0.4 is 5.32 Å². The van der Waals surface area contributed by atoms with Crippen molar-refractivity contribution in [1.82, 2.24) is 5.32 Å². The van der Waals surface area contributed by atoms with E-state index in [0.29, 0.717) is 5.41 Å². The Hall–Kier alpha value is -0.300. The first kappa shape index (κ1) is 5.48. The molecule has 1 aliphatic carbocycles. The number of fused-ring (bicyclic) bond motifs is 1. The summed E-state index contributed by atoms with van der Waals surface area (Å²) >= 11 is 0. The molecule has 1 saturated carbocycles. The highest BCUT2D eigenvalue weighted by molar-refractivity contribution is 5.19. The van der Waals surface area contributed by atoms with Crippen LogP contribution >= 0.6 is 0 Å². The van der Waals surface area contributed by atoms with Crippen molar-refractivity contribution in [3.8, 4) is 0 Å². The van der Waals surface area contributed by atoms with Crippen LogP contribution in [0.15, 0.2) is 12.2 Å². The minimum Gasteiger partial charge on any atom is -0.316 e. The molecule has 1 saturated heterocycles. The Morgan fingerprint density at radius 1 is 1.67 bits per heavy atom. The Bertz CT molecular complexity index is 151. The minimum atomic E-state index is 0.620. The SMILES string of the molecule is C/C=C/C12CNCC1C2. The molecule has 2 atom stereocenters. The molecular weight excluding hydrogens is 110 g/mol. The summed E-state index contributed by atoms with van der Waals surface area (Å²) in [6.45, 7) is 4.59. The van der Waals surface area contributed by atoms with Crippen LogP contribution in [0.2, 0.25) is 0 Å². The molecule has 1 aliphatic heterocycles. The van der Waals surface area contributed by atoms with Gasteiger partial charge in [-0.3, -0.25) is 0 Å². The molecule has 50 valence electrons. The van der Waals surface area contributed by atoms with Crippen LogP contribution in [-0.2, 0) is 0 Å². The van der Waals surface area contributed by atoms with Crippen molar-refractivity contribution in [2.75, 3.05) is 13.1 Å². The lowest BCUT2D eigenvalue weighted by molar-refractivity contribution is 0.644. The van der Waals surface area contributed by atoms with Crippen molar-refractivity contribution in [2.45, 2.75) is 13.3 Å². The number of nitrogens with one attached hydrogen (secondary N) is 1. The maximum atomic E-state index is 3.40. The van der Waals surface area contributed by atoms with E-state index < -0.39 is 0 Å². The highest BCUT2D eigenvalue weighted by Gasteiger charge is 2.54. The van der Waals surface area contributed by atoms with Gasteiger partial charge >= 0.3 is 0 Å². The van der Waals surface area contributed by atoms with Crippen LogP contribution in [0.3, 0.4) is 0 Å². The zero-order valence-electron chi connectivity index (χ0n) is 5.85. The van der Waals surface area contributed by atoms with Gasteiger partial charge in [-0.1, -0.05) is 12.2 Å². The van der Waals surface area contributed by atoms with Gasteiger partial charge in [-0.05, 0) is 25.8 Å². The summed E-state index contributed by atoms with van der Waals surface area (Å²) < 4.78 is 0. The number of rotatable bonds is 1. The first-order valence-corrected chi connectivity index (χ1v) is 3.72. The van der Waals surface area contributed by atoms with E-state index in [2.05, 4.69) is 24.4 Å². The summed E-state index contributed by atoms with van der Waals surface area (Å²) in [7, 11) is 0. The Morgan fingerprint density at radius 2 is 2.56 bits per heavy atom. The fourth-order valence-electron chi connectivity index (χ4n) is 1.97. The molecule has 1 heteroatoms. The van der Waals surface area contributed by atoms with Gasteiger partial charge in [-0.15, -0.1) is 0 Å². The fraction of sp³-hybridized carbons (Fsp3) is 0.750. The van der Waals surface area contributed by atoms with Crippen molar-refractivity contribution in [3.05, 3.63) is 12.2 Å². The highest BCUT2D eigenvalue weighted by atomic mass is 15.0. The first-order valence-electron chi connectivity index (χ1n) is 3.72. The average Bonchev–Trinajstić information content (AvgIpc) is 2.37. The van der Waals surface area contributed by atoms with Gasteiger partial charge in [-0.25, -0.2) is 0 Å². The number of allylic oxidation sites excluding steroid dienone is 1. The second kappa shape index (κ2) is 1.60. The van der Waals surface area contributed by atoms with Crippen LogP contribution in [0.1, 0.15) is 13.3 Å². The third-order valence-corrected chi connectivity index (χ3v) is 2.62. The van der Waals surface area contributed by atoms with Gasteiger partial charge < -0.3 is 5.32 Å². The molecule has 2 rings (SSSR count). The Morgan fingerprint density at radius 3 is 3.00 bits per heavy atom. The van der Waals surface area contributed by atoms with Crippen molar-refractivity contribution in [1.29, 1.82) is 0 Å². The summed E-state index contributed by atoms with van der Waals surface area (Å²) in [6, 6.07) is 0. The van der Waals surface area contributed by atoms with Crippen molar-refractivity contribution < 1.29 is 0 Å². The average molecular weight is 123 g/mol. The van der Waals surface area contributed by atoms with E-state index >= 15 is 0 Å². The zero-order chi connectivity index (χ0) is 6.32. The molecule has 0 spiro atoms. The van der Waals surface area contributed by atoms with E-state index in [1.807, 2.05) is 0 Å². The molecule has 2 unspecified atom stereocenters. The lowest BCUT2D eigenvalue weighted by atomic mass is 10.1. The number of hydrogen-bond acceptors (Lipinski definition) is 1.